The molecular formula is C16H20N2O2. The molecule has 2 aromatic rings. The van der Waals surface area contributed by atoms with Crippen molar-refractivity contribution in [2.75, 3.05) is 0 Å². The van der Waals surface area contributed by atoms with Crippen molar-refractivity contribution in [2.45, 2.75) is 50.9 Å². The van der Waals surface area contributed by atoms with E-state index < -0.39 is 0 Å². The number of hydrogen-bond donors (Lipinski definition) is 1. The molecule has 106 valence electrons. The first-order valence-corrected chi connectivity index (χ1v) is 7.41. The molecule has 0 bridgehead atoms. The van der Waals surface area contributed by atoms with Crippen molar-refractivity contribution in [1.82, 2.24) is 10.1 Å². The van der Waals surface area contributed by atoms with E-state index in [1.165, 1.54) is 38.5 Å². The lowest BCUT2D eigenvalue weighted by molar-refractivity contribution is 0.372. The van der Waals surface area contributed by atoms with Crippen LogP contribution in [0.1, 0.15) is 61.7 Å². The average Bonchev–Trinajstić information content (AvgIpc) is 2.74. The monoisotopic (exact) mass is 272 g/mol. The number of benzene rings is 1. The van der Waals surface area contributed by atoms with Gasteiger partial charge in [0.05, 0.1) is 6.42 Å². The van der Waals surface area contributed by atoms with Crippen LogP contribution in [0, 0.1) is 0 Å². The van der Waals surface area contributed by atoms with Gasteiger partial charge in [-0.15, -0.1) is 0 Å². The van der Waals surface area contributed by atoms with Crippen LogP contribution in [0.15, 0.2) is 28.8 Å². The Morgan fingerprint density at radius 1 is 1.05 bits per heavy atom. The molecular weight excluding hydrogens is 252 g/mol. The zero-order chi connectivity index (χ0) is 13.8. The molecule has 1 fully saturated rings. The number of aromatic nitrogens is 2. The Morgan fingerprint density at radius 3 is 2.45 bits per heavy atom. The number of phenolic OH excluding ortho intramolecular Hbond substituents is 1. The van der Waals surface area contributed by atoms with Crippen LogP contribution in [0.2, 0.25) is 0 Å². The predicted molar refractivity (Wildman–Crippen MR) is 75.7 cm³/mol. The van der Waals surface area contributed by atoms with Crippen molar-refractivity contribution in [2.24, 2.45) is 0 Å². The fourth-order valence-corrected chi connectivity index (χ4v) is 2.83. The van der Waals surface area contributed by atoms with Crippen LogP contribution in [0.5, 0.6) is 5.75 Å². The summed E-state index contributed by atoms with van der Waals surface area (Å²) in [6.45, 7) is 0. The van der Waals surface area contributed by atoms with Crippen LogP contribution in [0.25, 0.3) is 0 Å². The lowest BCUT2D eigenvalue weighted by Gasteiger charge is -2.07. The quantitative estimate of drug-likeness (QED) is 0.863. The molecule has 1 aliphatic rings. The molecule has 20 heavy (non-hydrogen) atoms. The minimum absolute atomic E-state index is 0.276. The summed E-state index contributed by atoms with van der Waals surface area (Å²) in [4.78, 5) is 4.55. The van der Waals surface area contributed by atoms with Crippen molar-refractivity contribution in [3.63, 3.8) is 0 Å². The second-order valence-corrected chi connectivity index (χ2v) is 5.58. The zero-order valence-electron chi connectivity index (χ0n) is 11.6. The topological polar surface area (TPSA) is 59.2 Å². The summed E-state index contributed by atoms with van der Waals surface area (Å²) in [6.07, 6.45) is 8.18. The molecule has 0 aliphatic heterocycles. The molecule has 0 atom stereocenters. The van der Waals surface area contributed by atoms with Crippen molar-refractivity contribution in [1.29, 1.82) is 0 Å². The van der Waals surface area contributed by atoms with Gasteiger partial charge in [-0.3, -0.25) is 0 Å². The van der Waals surface area contributed by atoms with Gasteiger partial charge < -0.3 is 9.63 Å². The van der Waals surface area contributed by atoms with Gasteiger partial charge in [-0.2, -0.15) is 4.98 Å². The number of aromatic hydroxyl groups is 1. The third-order valence-corrected chi connectivity index (χ3v) is 4.00. The average molecular weight is 272 g/mol. The number of nitrogens with zero attached hydrogens (tertiary/aromatic N) is 2. The molecule has 0 radical (unpaired) electrons. The predicted octanol–water partition coefficient (Wildman–Crippen LogP) is 3.80. The summed E-state index contributed by atoms with van der Waals surface area (Å²) in [5, 5.41) is 13.4. The zero-order valence-corrected chi connectivity index (χ0v) is 11.6. The van der Waals surface area contributed by atoms with E-state index in [0.29, 0.717) is 18.2 Å². The van der Waals surface area contributed by atoms with E-state index in [-0.39, 0.29) is 5.75 Å². The standard InChI is InChI=1S/C16H20N2O2/c19-14-9-7-12(8-10-14)11-15-17-16(18-20-15)13-5-3-1-2-4-6-13/h7-10,13,19H,1-6,11H2. The van der Waals surface area contributed by atoms with Crippen molar-refractivity contribution >= 4 is 0 Å². The number of phenols is 1. The minimum Gasteiger partial charge on any atom is -0.508 e. The molecule has 1 aliphatic carbocycles. The van der Waals surface area contributed by atoms with Gasteiger partial charge in [-0.1, -0.05) is 43.0 Å². The van der Waals surface area contributed by atoms with E-state index in [1.54, 1.807) is 12.1 Å². The highest BCUT2D eigenvalue weighted by Gasteiger charge is 2.19. The second kappa shape index (κ2) is 6.07. The highest BCUT2D eigenvalue weighted by atomic mass is 16.5. The van der Waals surface area contributed by atoms with Crippen LogP contribution in [0.4, 0.5) is 0 Å². The molecule has 3 rings (SSSR count). The first-order chi connectivity index (χ1) is 9.81. The maximum Gasteiger partial charge on any atom is 0.231 e. The van der Waals surface area contributed by atoms with Crippen LogP contribution in [-0.2, 0) is 6.42 Å². The largest absolute Gasteiger partial charge is 0.508 e. The van der Waals surface area contributed by atoms with Gasteiger partial charge in [0.1, 0.15) is 5.75 Å². The maximum absolute atomic E-state index is 9.27. The third-order valence-electron chi connectivity index (χ3n) is 4.00. The first kappa shape index (κ1) is 13.2. The van der Waals surface area contributed by atoms with E-state index in [1.807, 2.05) is 12.1 Å². The molecule has 1 saturated carbocycles. The van der Waals surface area contributed by atoms with Gasteiger partial charge in [0.25, 0.3) is 0 Å². The Hall–Kier alpha value is -1.84. The summed E-state index contributed by atoms with van der Waals surface area (Å²) in [7, 11) is 0. The lowest BCUT2D eigenvalue weighted by Crippen LogP contribution is -2.00. The third kappa shape index (κ3) is 3.18. The van der Waals surface area contributed by atoms with Crippen LogP contribution in [-0.4, -0.2) is 15.2 Å². The fourth-order valence-electron chi connectivity index (χ4n) is 2.83. The van der Waals surface area contributed by atoms with Gasteiger partial charge in [0.15, 0.2) is 5.82 Å². The van der Waals surface area contributed by atoms with E-state index in [0.717, 1.165) is 11.4 Å². The highest BCUT2D eigenvalue weighted by Crippen LogP contribution is 2.30. The second-order valence-electron chi connectivity index (χ2n) is 5.58. The Balaban J connectivity index is 1.68. The molecule has 1 aromatic heterocycles. The lowest BCUT2D eigenvalue weighted by atomic mass is 10.00. The van der Waals surface area contributed by atoms with Gasteiger partial charge >= 0.3 is 0 Å². The van der Waals surface area contributed by atoms with Crippen LogP contribution < -0.4 is 0 Å². The Bertz CT molecular complexity index is 540. The Labute approximate surface area is 118 Å². The summed E-state index contributed by atoms with van der Waals surface area (Å²) < 4.78 is 5.37. The first-order valence-electron chi connectivity index (χ1n) is 7.41. The smallest absolute Gasteiger partial charge is 0.231 e. The molecule has 0 saturated heterocycles. The van der Waals surface area contributed by atoms with E-state index in [9.17, 15) is 5.11 Å². The molecule has 0 unspecified atom stereocenters. The normalized spacial score (nSPS) is 17.0. The molecule has 1 heterocycles. The van der Waals surface area contributed by atoms with Crippen molar-refractivity contribution in [3.8, 4) is 5.75 Å². The minimum atomic E-state index is 0.276. The van der Waals surface area contributed by atoms with E-state index >= 15 is 0 Å². The van der Waals surface area contributed by atoms with E-state index in [4.69, 9.17) is 4.52 Å². The van der Waals surface area contributed by atoms with Crippen molar-refractivity contribution in [3.05, 3.63) is 41.5 Å². The number of rotatable bonds is 3. The summed E-state index contributed by atoms with van der Waals surface area (Å²) in [6, 6.07) is 7.12. The maximum atomic E-state index is 9.27. The van der Waals surface area contributed by atoms with Crippen molar-refractivity contribution < 1.29 is 9.63 Å². The summed E-state index contributed by atoms with van der Waals surface area (Å²) >= 11 is 0. The molecule has 0 amide bonds. The molecule has 1 N–H and O–H groups in total. The van der Waals surface area contributed by atoms with Crippen LogP contribution >= 0.6 is 0 Å². The van der Waals surface area contributed by atoms with Gasteiger partial charge in [0.2, 0.25) is 5.89 Å². The van der Waals surface area contributed by atoms with Gasteiger partial charge in [-0.25, -0.2) is 0 Å². The SMILES string of the molecule is Oc1ccc(Cc2nc(C3CCCCCC3)no2)cc1. The van der Waals surface area contributed by atoms with Crippen LogP contribution in [0.3, 0.4) is 0 Å². The van der Waals surface area contributed by atoms with E-state index in [2.05, 4.69) is 10.1 Å². The highest BCUT2D eigenvalue weighted by molar-refractivity contribution is 5.27. The Kier molecular flexibility index (Phi) is 4.00. The summed E-state index contributed by atoms with van der Waals surface area (Å²) in [5.74, 6) is 2.28. The number of hydrogen-bond acceptors (Lipinski definition) is 4. The summed E-state index contributed by atoms with van der Waals surface area (Å²) in [5.41, 5.74) is 1.07. The molecule has 1 aromatic carbocycles. The molecule has 0 spiro atoms. The Morgan fingerprint density at radius 2 is 1.75 bits per heavy atom. The van der Waals surface area contributed by atoms with Gasteiger partial charge in [0, 0.05) is 5.92 Å². The molecule has 4 nitrogen and oxygen atoms in total. The fraction of sp³-hybridized carbons (Fsp3) is 0.500. The van der Waals surface area contributed by atoms with Gasteiger partial charge in [-0.05, 0) is 30.5 Å². The molecule has 4 heteroatoms.